The Balaban J connectivity index is 2.00. The van der Waals surface area contributed by atoms with E-state index in [-0.39, 0.29) is 12.1 Å². The van der Waals surface area contributed by atoms with Crippen LogP contribution in [0, 0.1) is 0 Å². The fourth-order valence-corrected chi connectivity index (χ4v) is 3.25. The van der Waals surface area contributed by atoms with Crippen LogP contribution < -0.4 is 11.2 Å². The Morgan fingerprint density at radius 2 is 1.64 bits per heavy atom. The van der Waals surface area contributed by atoms with E-state index in [9.17, 15) is 9.59 Å². The summed E-state index contributed by atoms with van der Waals surface area (Å²) in [6, 6.07) is 18.7. The molecule has 0 saturated heterocycles. The summed E-state index contributed by atoms with van der Waals surface area (Å²) in [7, 11) is 1.60. The quantitative estimate of drug-likeness (QED) is 0.516. The summed E-state index contributed by atoms with van der Waals surface area (Å²) in [5.41, 5.74) is 1.51. The van der Waals surface area contributed by atoms with Gasteiger partial charge in [-0.2, -0.15) is 0 Å². The standard InChI is InChI=1S/C21H20N4O3/c1-28-13-12-23-15-22-19-18(23)20(26)24(14-16-8-4-2-5-9-16)21(27)25(19)17-10-6-3-7-11-17/h2-11,15H,12-14H2,1H3. The lowest BCUT2D eigenvalue weighted by Crippen LogP contribution is -2.40. The number of hydrogen-bond acceptors (Lipinski definition) is 4. The molecular formula is C21H20N4O3. The van der Waals surface area contributed by atoms with Gasteiger partial charge in [0.15, 0.2) is 11.2 Å². The minimum atomic E-state index is -0.412. The first-order valence-electron chi connectivity index (χ1n) is 8.99. The van der Waals surface area contributed by atoms with Crippen molar-refractivity contribution in [3.63, 3.8) is 0 Å². The molecule has 0 aliphatic rings. The second-order valence-corrected chi connectivity index (χ2v) is 6.43. The Morgan fingerprint density at radius 1 is 0.964 bits per heavy atom. The van der Waals surface area contributed by atoms with E-state index in [1.807, 2.05) is 60.7 Å². The third-order valence-corrected chi connectivity index (χ3v) is 4.63. The van der Waals surface area contributed by atoms with Crippen LogP contribution in [0.2, 0.25) is 0 Å². The van der Waals surface area contributed by atoms with Gasteiger partial charge in [-0.1, -0.05) is 48.5 Å². The lowest BCUT2D eigenvalue weighted by atomic mass is 10.2. The van der Waals surface area contributed by atoms with E-state index < -0.39 is 5.69 Å². The van der Waals surface area contributed by atoms with Gasteiger partial charge in [-0.15, -0.1) is 0 Å². The van der Waals surface area contributed by atoms with Gasteiger partial charge in [-0.25, -0.2) is 14.3 Å². The van der Waals surface area contributed by atoms with Crippen LogP contribution in [0.3, 0.4) is 0 Å². The van der Waals surface area contributed by atoms with E-state index in [1.165, 1.54) is 9.13 Å². The van der Waals surface area contributed by atoms with Crippen LogP contribution in [0.25, 0.3) is 16.9 Å². The molecule has 0 spiro atoms. The van der Waals surface area contributed by atoms with E-state index in [1.54, 1.807) is 18.0 Å². The molecule has 0 atom stereocenters. The van der Waals surface area contributed by atoms with Gasteiger partial charge in [0, 0.05) is 13.7 Å². The fraction of sp³-hybridized carbons (Fsp3) is 0.190. The van der Waals surface area contributed by atoms with Crippen LogP contribution >= 0.6 is 0 Å². The molecule has 0 aliphatic heterocycles. The molecule has 2 aromatic carbocycles. The Kier molecular flexibility index (Phi) is 4.90. The molecule has 4 aromatic rings. The highest BCUT2D eigenvalue weighted by Crippen LogP contribution is 2.13. The lowest BCUT2D eigenvalue weighted by Gasteiger charge is -2.13. The number of ether oxygens (including phenoxy) is 1. The highest BCUT2D eigenvalue weighted by molar-refractivity contribution is 5.72. The van der Waals surface area contributed by atoms with Gasteiger partial charge in [0.1, 0.15) is 0 Å². The van der Waals surface area contributed by atoms with Crippen molar-refractivity contribution < 1.29 is 4.74 Å². The zero-order chi connectivity index (χ0) is 19.5. The maximum atomic E-state index is 13.3. The van der Waals surface area contributed by atoms with Crippen LogP contribution in [-0.2, 0) is 17.8 Å². The molecule has 0 unspecified atom stereocenters. The minimum Gasteiger partial charge on any atom is -0.383 e. The molecule has 0 N–H and O–H groups in total. The number of fused-ring (bicyclic) bond motifs is 1. The zero-order valence-corrected chi connectivity index (χ0v) is 15.5. The summed E-state index contributed by atoms with van der Waals surface area (Å²) < 4.78 is 9.63. The van der Waals surface area contributed by atoms with Gasteiger partial charge in [-0.05, 0) is 17.7 Å². The van der Waals surface area contributed by atoms with E-state index in [4.69, 9.17) is 4.74 Å². The number of rotatable bonds is 6. The molecular weight excluding hydrogens is 356 g/mol. The topological polar surface area (TPSA) is 71.1 Å². The fourth-order valence-electron chi connectivity index (χ4n) is 3.25. The molecule has 0 bridgehead atoms. The summed E-state index contributed by atoms with van der Waals surface area (Å²) in [6.45, 7) is 1.10. The normalized spacial score (nSPS) is 11.2. The van der Waals surface area contributed by atoms with Gasteiger partial charge in [-0.3, -0.25) is 9.36 Å². The average Bonchev–Trinajstić information content (AvgIpc) is 3.15. The van der Waals surface area contributed by atoms with Crippen molar-refractivity contribution in [1.82, 2.24) is 18.7 Å². The largest absolute Gasteiger partial charge is 0.383 e. The first-order valence-corrected chi connectivity index (χ1v) is 8.99. The van der Waals surface area contributed by atoms with Crippen molar-refractivity contribution in [1.29, 1.82) is 0 Å². The molecule has 142 valence electrons. The van der Waals surface area contributed by atoms with E-state index in [0.717, 1.165) is 5.56 Å². The Morgan fingerprint density at radius 3 is 2.32 bits per heavy atom. The maximum absolute atomic E-state index is 13.3. The number of hydrogen-bond donors (Lipinski definition) is 0. The highest BCUT2D eigenvalue weighted by Gasteiger charge is 2.19. The summed E-state index contributed by atoms with van der Waals surface area (Å²) in [5.74, 6) is 0. The first kappa shape index (κ1) is 17.9. The second-order valence-electron chi connectivity index (χ2n) is 6.43. The third-order valence-electron chi connectivity index (χ3n) is 4.63. The number of imidazole rings is 1. The second kappa shape index (κ2) is 7.66. The van der Waals surface area contributed by atoms with Crippen molar-refractivity contribution in [3.05, 3.63) is 93.4 Å². The van der Waals surface area contributed by atoms with Gasteiger partial charge < -0.3 is 9.30 Å². The van der Waals surface area contributed by atoms with Crippen molar-refractivity contribution in [2.75, 3.05) is 13.7 Å². The zero-order valence-electron chi connectivity index (χ0n) is 15.5. The first-order chi connectivity index (χ1) is 13.7. The van der Waals surface area contributed by atoms with E-state index >= 15 is 0 Å². The van der Waals surface area contributed by atoms with Gasteiger partial charge in [0.05, 0.1) is 25.2 Å². The Bertz CT molecular complexity index is 1210. The molecule has 0 aliphatic carbocycles. The molecule has 2 aromatic heterocycles. The Labute approximate surface area is 161 Å². The molecule has 0 saturated carbocycles. The number of nitrogens with zero attached hydrogens (tertiary/aromatic N) is 4. The van der Waals surface area contributed by atoms with Crippen molar-refractivity contribution in [2.45, 2.75) is 13.1 Å². The molecule has 0 radical (unpaired) electrons. The van der Waals surface area contributed by atoms with Crippen LogP contribution in [0.1, 0.15) is 5.56 Å². The highest BCUT2D eigenvalue weighted by atomic mass is 16.5. The predicted octanol–water partition coefficient (Wildman–Crippen LogP) is 2.04. The van der Waals surface area contributed by atoms with Crippen LogP contribution in [0.5, 0.6) is 0 Å². The van der Waals surface area contributed by atoms with Crippen molar-refractivity contribution >= 4 is 11.2 Å². The third kappa shape index (κ3) is 3.16. The molecule has 7 heteroatoms. The molecule has 0 fully saturated rings. The average molecular weight is 376 g/mol. The summed E-state index contributed by atoms with van der Waals surface area (Å²) in [4.78, 5) is 30.9. The van der Waals surface area contributed by atoms with Crippen molar-refractivity contribution in [2.24, 2.45) is 0 Å². The molecule has 2 heterocycles. The Hall–Kier alpha value is -3.45. The van der Waals surface area contributed by atoms with Gasteiger partial charge in [0.25, 0.3) is 5.56 Å². The number of benzene rings is 2. The summed E-state index contributed by atoms with van der Waals surface area (Å²) in [6.07, 6.45) is 1.58. The van der Waals surface area contributed by atoms with E-state index in [2.05, 4.69) is 4.98 Å². The number of aromatic nitrogens is 4. The van der Waals surface area contributed by atoms with Crippen LogP contribution in [0.4, 0.5) is 0 Å². The molecule has 7 nitrogen and oxygen atoms in total. The molecule has 28 heavy (non-hydrogen) atoms. The number of methoxy groups -OCH3 is 1. The predicted molar refractivity (Wildman–Crippen MR) is 107 cm³/mol. The van der Waals surface area contributed by atoms with E-state index in [0.29, 0.717) is 30.0 Å². The SMILES string of the molecule is COCCn1cnc2c1c(=O)n(Cc1ccccc1)c(=O)n2-c1ccccc1. The number of para-hydroxylation sites is 1. The van der Waals surface area contributed by atoms with Crippen molar-refractivity contribution in [3.8, 4) is 5.69 Å². The minimum absolute atomic E-state index is 0.191. The summed E-state index contributed by atoms with van der Waals surface area (Å²) >= 11 is 0. The van der Waals surface area contributed by atoms with Crippen LogP contribution in [0.15, 0.2) is 76.6 Å². The molecule has 0 amide bonds. The summed E-state index contributed by atoms with van der Waals surface area (Å²) in [5, 5.41) is 0. The smallest absolute Gasteiger partial charge is 0.337 e. The monoisotopic (exact) mass is 376 g/mol. The molecule has 4 rings (SSSR count). The van der Waals surface area contributed by atoms with Gasteiger partial charge in [0.2, 0.25) is 0 Å². The maximum Gasteiger partial charge on any atom is 0.337 e. The van der Waals surface area contributed by atoms with Gasteiger partial charge >= 0.3 is 5.69 Å². The van der Waals surface area contributed by atoms with Crippen LogP contribution in [-0.4, -0.2) is 32.4 Å². The lowest BCUT2D eigenvalue weighted by molar-refractivity contribution is 0.188.